The van der Waals surface area contributed by atoms with Gasteiger partial charge in [-0.05, 0) is 81.0 Å². The highest BCUT2D eigenvalue weighted by Crippen LogP contribution is 2.26. The molecule has 5 heteroatoms. The third kappa shape index (κ3) is 4.53. The highest BCUT2D eigenvalue weighted by molar-refractivity contribution is 5.94. The van der Waals surface area contributed by atoms with Crippen LogP contribution in [0, 0.1) is 0 Å². The van der Waals surface area contributed by atoms with E-state index in [-0.39, 0.29) is 11.7 Å². The average molecular weight is 380 g/mol. The monoisotopic (exact) mass is 379 g/mol. The minimum Gasteiger partial charge on any atom is -0.508 e. The third-order valence-electron chi connectivity index (χ3n) is 5.87. The number of phenols is 1. The molecule has 2 aliphatic rings. The van der Waals surface area contributed by atoms with E-state index in [1.165, 1.54) is 19.3 Å². The second-order valence-electron chi connectivity index (χ2n) is 8.01. The SMILES string of the molecule is O=C(c1ccc(-c2cc(O)cc(CC[C@@H]3CCCCN3)c2)nc1)N1CCCC1. The molecule has 1 atom stereocenters. The zero-order valence-corrected chi connectivity index (χ0v) is 16.4. The van der Waals surface area contributed by atoms with E-state index in [1.54, 1.807) is 12.3 Å². The lowest BCUT2D eigenvalue weighted by molar-refractivity contribution is 0.0792. The van der Waals surface area contributed by atoms with Gasteiger partial charge in [-0.15, -0.1) is 0 Å². The lowest BCUT2D eigenvalue weighted by atomic mass is 9.96. The molecular weight excluding hydrogens is 350 g/mol. The van der Waals surface area contributed by atoms with Crippen LogP contribution in [-0.4, -0.2) is 46.6 Å². The van der Waals surface area contributed by atoms with Crippen molar-refractivity contribution in [2.75, 3.05) is 19.6 Å². The first-order valence-corrected chi connectivity index (χ1v) is 10.5. The summed E-state index contributed by atoms with van der Waals surface area (Å²) in [4.78, 5) is 18.9. The molecule has 0 aliphatic carbocycles. The molecule has 0 saturated carbocycles. The number of pyridine rings is 1. The van der Waals surface area contributed by atoms with E-state index in [4.69, 9.17) is 0 Å². The Morgan fingerprint density at radius 3 is 2.71 bits per heavy atom. The van der Waals surface area contributed by atoms with Gasteiger partial charge < -0.3 is 15.3 Å². The summed E-state index contributed by atoms with van der Waals surface area (Å²) in [7, 11) is 0. The molecule has 2 aromatic rings. The number of rotatable bonds is 5. The number of amides is 1. The Kier molecular flexibility index (Phi) is 5.91. The number of aromatic hydroxyl groups is 1. The van der Waals surface area contributed by atoms with Gasteiger partial charge in [-0.1, -0.05) is 6.42 Å². The second kappa shape index (κ2) is 8.74. The number of phenolic OH excluding ortho intramolecular Hbond substituents is 1. The van der Waals surface area contributed by atoms with E-state index in [9.17, 15) is 9.90 Å². The number of carbonyl (C=O) groups excluding carboxylic acids is 1. The summed E-state index contributed by atoms with van der Waals surface area (Å²) in [5, 5.41) is 13.8. The van der Waals surface area contributed by atoms with Crippen molar-refractivity contribution in [2.45, 2.75) is 51.0 Å². The van der Waals surface area contributed by atoms with E-state index in [0.29, 0.717) is 11.6 Å². The van der Waals surface area contributed by atoms with Crippen LogP contribution in [0.3, 0.4) is 0 Å². The quantitative estimate of drug-likeness (QED) is 0.830. The predicted molar refractivity (Wildman–Crippen MR) is 110 cm³/mol. The Hall–Kier alpha value is -2.40. The zero-order chi connectivity index (χ0) is 19.3. The van der Waals surface area contributed by atoms with Gasteiger partial charge in [0.15, 0.2) is 0 Å². The number of nitrogens with one attached hydrogen (secondary N) is 1. The zero-order valence-electron chi connectivity index (χ0n) is 16.4. The third-order valence-corrected chi connectivity index (χ3v) is 5.87. The van der Waals surface area contributed by atoms with Gasteiger partial charge in [0.2, 0.25) is 0 Å². The van der Waals surface area contributed by atoms with Crippen LogP contribution >= 0.6 is 0 Å². The summed E-state index contributed by atoms with van der Waals surface area (Å²) < 4.78 is 0. The summed E-state index contributed by atoms with van der Waals surface area (Å²) >= 11 is 0. The van der Waals surface area contributed by atoms with Crippen molar-refractivity contribution >= 4 is 5.91 Å². The van der Waals surface area contributed by atoms with E-state index in [2.05, 4.69) is 16.4 Å². The predicted octanol–water partition coefficient (Wildman–Crippen LogP) is 3.76. The molecule has 28 heavy (non-hydrogen) atoms. The maximum Gasteiger partial charge on any atom is 0.255 e. The van der Waals surface area contributed by atoms with Gasteiger partial charge in [0.25, 0.3) is 5.91 Å². The summed E-state index contributed by atoms with van der Waals surface area (Å²) in [5.41, 5.74) is 3.44. The first-order chi connectivity index (χ1) is 13.7. The fourth-order valence-electron chi connectivity index (χ4n) is 4.27. The standard InChI is InChI=1S/C23H29N3O2/c27-21-14-17(6-8-20-5-1-2-10-24-20)13-19(15-21)22-9-7-18(16-25-22)23(28)26-11-3-4-12-26/h7,9,13-16,20,24,27H,1-6,8,10-12H2/t20-/m0/s1. The molecular formula is C23H29N3O2. The number of hydrogen-bond acceptors (Lipinski definition) is 4. The van der Waals surface area contributed by atoms with E-state index in [0.717, 1.165) is 62.1 Å². The Morgan fingerprint density at radius 1 is 1.14 bits per heavy atom. The van der Waals surface area contributed by atoms with Gasteiger partial charge in [0, 0.05) is 30.9 Å². The van der Waals surface area contributed by atoms with Crippen LogP contribution in [-0.2, 0) is 6.42 Å². The number of piperidine rings is 1. The minimum atomic E-state index is 0.0631. The van der Waals surface area contributed by atoms with Crippen molar-refractivity contribution in [3.63, 3.8) is 0 Å². The molecule has 1 aromatic heterocycles. The van der Waals surface area contributed by atoms with Gasteiger partial charge in [-0.3, -0.25) is 9.78 Å². The number of likely N-dealkylation sites (tertiary alicyclic amines) is 1. The number of nitrogens with zero attached hydrogens (tertiary/aromatic N) is 2. The molecule has 0 radical (unpaired) electrons. The molecule has 148 valence electrons. The molecule has 2 N–H and O–H groups in total. The van der Waals surface area contributed by atoms with Crippen LogP contribution in [0.4, 0.5) is 0 Å². The highest BCUT2D eigenvalue weighted by Gasteiger charge is 2.19. The average Bonchev–Trinajstić information content (AvgIpc) is 3.27. The summed E-state index contributed by atoms with van der Waals surface area (Å²) in [6.45, 7) is 2.79. The molecule has 0 bridgehead atoms. The van der Waals surface area contributed by atoms with Crippen molar-refractivity contribution in [1.29, 1.82) is 0 Å². The highest BCUT2D eigenvalue weighted by atomic mass is 16.3. The van der Waals surface area contributed by atoms with Crippen LogP contribution in [0.2, 0.25) is 0 Å². The summed E-state index contributed by atoms with van der Waals surface area (Å²) in [6.07, 6.45) is 9.65. The fourth-order valence-corrected chi connectivity index (χ4v) is 4.27. The summed E-state index contributed by atoms with van der Waals surface area (Å²) in [5.74, 6) is 0.330. The van der Waals surface area contributed by atoms with Gasteiger partial charge in [-0.2, -0.15) is 0 Å². The van der Waals surface area contributed by atoms with Crippen LogP contribution in [0.25, 0.3) is 11.3 Å². The van der Waals surface area contributed by atoms with E-state index >= 15 is 0 Å². The maximum atomic E-state index is 12.5. The van der Waals surface area contributed by atoms with Gasteiger partial charge in [-0.25, -0.2) is 0 Å². The largest absolute Gasteiger partial charge is 0.508 e. The maximum absolute atomic E-state index is 12.5. The first kappa shape index (κ1) is 18.9. The van der Waals surface area contributed by atoms with Crippen molar-refractivity contribution in [1.82, 2.24) is 15.2 Å². The fraction of sp³-hybridized carbons (Fsp3) is 0.478. The number of hydrogen-bond donors (Lipinski definition) is 2. The smallest absolute Gasteiger partial charge is 0.255 e. The number of carbonyl (C=O) groups is 1. The molecule has 1 amide bonds. The van der Waals surface area contributed by atoms with Crippen molar-refractivity contribution < 1.29 is 9.90 Å². The Morgan fingerprint density at radius 2 is 2.00 bits per heavy atom. The molecule has 5 nitrogen and oxygen atoms in total. The number of benzene rings is 1. The molecule has 2 fully saturated rings. The molecule has 0 unspecified atom stereocenters. The first-order valence-electron chi connectivity index (χ1n) is 10.5. The van der Waals surface area contributed by atoms with Crippen LogP contribution < -0.4 is 5.32 Å². The van der Waals surface area contributed by atoms with Crippen molar-refractivity contribution in [2.24, 2.45) is 0 Å². The topological polar surface area (TPSA) is 65.5 Å². The second-order valence-corrected chi connectivity index (χ2v) is 8.01. The van der Waals surface area contributed by atoms with Crippen molar-refractivity contribution in [3.8, 4) is 17.0 Å². The van der Waals surface area contributed by atoms with E-state index < -0.39 is 0 Å². The Bertz CT molecular complexity index is 807. The lowest BCUT2D eigenvalue weighted by Crippen LogP contribution is -2.34. The summed E-state index contributed by atoms with van der Waals surface area (Å²) in [6, 6.07) is 9.99. The molecule has 1 aromatic carbocycles. The molecule has 2 aliphatic heterocycles. The molecule has 0 spiro atoms. The van der Waals surface area contributed by atoms with Crippen LogP contribution in [0.1, 0.15) is 54.4 Å². The van der Waals surface area contributed by atoms with Crippen molar-refractivity contribution in [3.05, 3.63) is 47.7 Å². The Balaban J connectivity index is 1.45. The Labute approximate surface area is 166 Å². The molecule has 4 rings (SSSR count). The lowest BCUT2D eigenvalue weighted by Gasteiger charge is -2.23. The van der Waals surface area contributed by atoms with Crippen LogP contribution in [0.5, 0.6) is 5.75 Å². The van der Waals surface area contributed by atoms with Gasteiger partial charge >= 0.3 is 0 Å². The van der Waals surface area contributed by atoms with Gasteiger partial charge in [0.05, 0.1) is 11.3 Å². The normalized spacial score (nSPS) is 19.7. The molecule has 3 heterocycles. The van der Waals surface area contributed by atoms with Gasteiger partial charge in [0.1, 0.15) is 5.75 Å². The number of aromatic nitrogens is 1. The van der Waals surface area contributed by atoms with E-state index in [1.807, 2.05) is 23.1 Å². The minimum absolute atomic E-state index is 0.0631. The molecule has 2 saturated heterocycles. The number of aryl methyl sites for hydroxylation is 1. The van der Waals surface area contributed by atoms with Crippen LogP contribution in [0.15, 0.2) is 36.5 Å².